The lowest BCUT2D eigenvalue weighted by Gasteiger charge is -2.20. The molecule has 132 valence electrons. The summed E-state index contributed by atoms with van der Waals surface area (Å²) >= 11 is 0. The van der Waals surface area contributed by atoms with Crippen LogP contribution in [-0.4, -0.2) is 41.3 Å². The van der Waals surface area contributed by atoms with Gasteiger partial charge >= 0.3 is 5.97 Å². The molecule has 1 N–H and O–H groups in total. The zero-order valence-electron chi connectivity index (χ0n) is 14.9. The zero-order chi connectivity index (χ0) is 18.1. The van der Waals surface area contributed by atoms with Crippen molar-refractivity contribution in [1.29, 1.82) is 0 Å². The topological polar surface area (TPSA) is 71.1 Å². The first-order valence-electron chi connectivity index (χ1n) is 7.87. The van der Waals surface area contributed by atoms with E-state index in [1.807, 2.05) is 18.0 Å². The van der Waals surface area contributed by atoms with Gasteiger partial charge in [0, 0.05) is 18.9 Å². The Balaban J connectivity index is 0.00000139. The van der Waals surface area contributed by atoms with E-state index in [1.54, 1.807) is 20.0 Å². The van der Waals surface area contributed by atoms with Crippen LogP contribution < -0.4 is 4.90 Å². The van der Waals surface area contributed by atoms with Gasteiger partial charge in [-0.15, -0.1) is 0 Å². The van der Waals surface area contributed by atoms with Crippen LogP contribution in [0.2, 0.25) is 0 Å². The number of rotatable bonds is 6. The van der Waals surface area contributed by atoms with Crippen LogP contribution in [0.1, 0.15) is 32.8 Å². The van der Waals surface area contributed by atoms with Gasteiger partial charge in [0.1, 0.15) is 17.8 Å². The summed E-state index contributed by atoms with van der Waals surface area (Å²) in [5, 5.41) is 0.976. The number of carbonyl (C=O) groups excluding carboxylic acids is 1. The third-order valence-electron chi connectivity index (χ3n) is 3.33. The Labute approximate surface area is 141 Å². The molecule has 0 amide bonds. The molecule has 0 bridgehead atoms. The SMILES string of the molecule is CCCN(/C=C(\C)C(=O)OCC)c1ncnc2[nH]cc(C)c12.CF. The third-order valence-corrected chi connectivity index (χ3v) is 3.33. The molecule has 2 aromatic heterocycles. The van der Waals surface area contributed by atoms with Crippen molar-refractivity contribution in [3.8, 4) is 0 Å². The number of hydrogen-bond acceptors (Lipinski definition) is 5. The summed E-state index contributed by atoms with van der Waals surface area (Å²) in [6.07, 6.45) is 6.18. The molecule has 0 unspecified atom stereocenters. The Kier molecular flexibility index (Phi) is 7.88. The summed E-state index contributed by atoms with van der Waals surface area (Å²) in [6, 6.07) is 0. The Bertz CT molecular complexity index is 697. The fourth-order valence-corrected chi connectivity index (χ4v) is 2.32. The van der Waals surface area contributed by atoms with Crippen LogP contribution in [-0.2, 0) is 9.53 Å². The number of aromatic nitrogens is 3. The lowest BCUT2D eigenvalue weighted by Crippen LogP contribution is -2.21. The average Bonchev–Trinajstić information content (AvgIpc) is 2.98. The van der Waals surface area contributed by atoms with Crippen LogP contribution in [0.5, 0.6) is 0 Å². The fourth-order valence-electron chi connectivity index (χ4n) is 2.32. The predicted molar refractivity (Wildman–Crippen MR) is 93.7 cm³/mol. The first-order valence-corrected chi connectivity index (χ1v) is 7.87. The van der Waals surface area contributed by atoms with Crippen molar-refractivity contribution in [3.63, 3.8) is 0 Å². The van der Waals surface area contributed by atoms with Crippen LogP contribution in [0.4, 0.5) is 10.2 Å². The van der Waals surface area contributed by atoms with E-state index in [-0.39, 0.29) is 5.97 Å². The van der Waals surface area contributed by atoms with Gasteiger partial charge in [-0.2, -0.15) is 0 Å². The van der Waals surface area contributed by atoms with E-state index < -0.39 is 0 Å². The molecule has 0 aromatic carbocycles. The number of nitrogens with zero attached hydrogens (tertiary/aromatic N) is 3. The maximum Gasteiger partial charge on any atom is 0.335 e. The molecule has 2 aromatic rings. The minimum atomic E-state index is -0.306. The summed E-state index contributed by atoms with van der Waals surface area (Å²) in [7, 11) is 0.500. The largest absolute Gasteiger partial charge is 0.463 e. The van der Waals surface area contributed by atoms with E-state index in [1.165, 1.54) is 6.33 Å². The molecule has 0 saturated carbocycles. The molecule has 24 heavy (non-hydrogen) atoms. The Morgan fingerprint density at radius 1 is 1.38 bits per heavy atom. The van der Waals surface area contributed by atoms with Gasteiger partial charge in [-0.1, -0.05) is 6.92 Å². The van der Waals surface area contributed by atoms with Crippen molar-refractivity contribution in [2.75, 3.05) is 25.2 Å². The van der Waals surface area contributed by atoms with Crippen molar-refractivity contribution in [1.82, 2.24) is 15.0 Å². The van der Waals surface area contributed by atoms with Gasteiger partial charge in [-0.05, 0) is 32.8 Å². The molecule has 0 saturated heterocycles. The first kappa shape index (κ1) is 19.6. The van der Waals surface area contributed by atoms with Crippen molar-refractivity contribution in [3.05, 3.63) is 29.9 Å². The molecule has 7 heteroatoms. The number of hydrogen-bond donors (Lipinski definition) is 1. The highest BCUT2D eigenvalue weighted by molar-refractivity contribution is 5.92. The molecule has 2 heterocycles. The lowest BCUT2D eigenvalue weighted by atomic mass is 10.2. The van der Waals surface area contributed by atoms with Gasteiger partial charge < -0.3 is 14.6 Å². The number of esters is 1. The molecule has 0 aliphatic rings. The minimum absolute atomic E-state index is 0.306. The number of ether oxygens (including phenoxy) is 1. The summed E-state index contributed by atoms with van der Waals surface area (Å²) in [5.41, 5.74) is 2.43. The fraction of sp³-hybridized carbons (Fsp3) is 0.471. The van der Waals surface area contributed by atoms with E-state index in [4.69, 9.17) is 4.74 Å². The Morgan fingerprint density at radius 2 is 2.08 bits per heavy atom. The highest BCUT2D eigenvalue weighted by atomic mass is 19.1. The molecule has 0 aliphatic heterocycles. The number of anilines is 1. The molecule has 0 atom stereocenters. The normalized spacial score (nSPS) is 11.0. The van der Waals surface area contributed by atoms with Crippen LogP contribution in [0, 0.1) is 6.92 Å². The van der Waals surface area contributed by atoms with Gasteiger partial charge in [-0.25, -0.2) is 14.8 Å². The van der Waals surface area contributed by atoms with Crippen molar-refractivity contribution in [2.45, 2.75) is 34.1 Å². The summed E-state index contributed by atoms with van der Waals surface area (Å²) < 4.78 is 14.5. The lowest BCUT2D eigenvalue weighted by molar-refractivity contribution is -0.138. The van der Waals surface area contributed by atoms with Crippen molar-refractivity contribution >= 4 is 22.8 Å². The molecule has 6 nitrogen and oxygen atoms in total. The molecular weight excluding hydrogens is 311 g/mol. The number of halogens is 1. The van der Waals surface area contributed by atoms with Gasteiger partial charge in [0.2, 0.25) is 0 Å². The number of aryl methyl sites for hydroxylation is 1. The third kappa shape index (κ3) is 4.53. The van der Waals surface area contributed by atoms with Crippen LogP contribution in [0.25, 0.3) is 11.0 Å². The van der Waals surface area contributed by atoms with E-state index in [0.29, 0.717) is 19.4 Å². The predicted octanol–water partition coefficient (Wildman–Crippen LogP) is 3.54. The number of alkyl halides is 1. The molecule has 2 rings (SSSR count). The monoisotopic (exact) mass is 336 g/mol. The number of nitrogens with one attached hydrogen (secondary N) is 1. The highest BCUT2D eigenvalue weighted by Gasteiger charge is 2.15. The Hall–Kier alpha value is -2.44. The quantitative estimate of drug-likeness (QED) is 0.645. The number of aromatic amines is 1. The van der Waals surface area contributed by atoms with Crippen LogP contribution >= 0.6 is 0 Å². The second-order valence-electron chi connectivity index (χ2n) is 5.12. The number of fused-ring (bicyclic) bond motifs is 1. The molecular formula is C17H25FN4O2. The zero-order valence-corrected chi connectivity index (χ0v) is 14.9. The summed E-state index contributed by atoms with van der Waals surface area (Å²) in [6.45, 7) is 8.77. The first-order chi connectivity index (χ1) is 11.6. The number of carbonyl (C=O) groups is 1. The second-order valence-corrected chi connectivity index (χ2v) is 5.12. The number of H-pyrrole nitrogens is 1. The van der Waals surface area contributed by atoms with Gasteiger partial charge in [-0.3, -0.25) is 4.39 Å². The van der Waals surface area contributed by atoms with Crippen molar-refractivity contribution < 1.29 is 13.9 Å². The van der Waals surface area contributed by atoms with E-state index in [0.717, 1.165) is 35.4 Å². The second kappa shape index (κ2) is 9.64. The van der Waals surface area contributed by atoms with E-state index >= 15 is 0 Å². The maximum absolute atomic E-state index is 11.8. The van der Waals surface area contributed by atoms with Crippen LogP contribution in [0.15, 0.2) is 24.3 Å². The molecule has 0 fully saturated rings. The van der Waals surface area contributed by atoms with E-state index in [9.17, 15) is 9.18 Å². The molecule has 0 aliphatic carbocycles. The minimum Gasteiger partial charge on any atom is -0.463 e. The van der Waals surface area contributed by atoms with Gasteiger partial charge in [0.25, 0.3) is 0 Å². The summed E-state index contributed by atoms with van der Waals surface area (Å²) in [4.78, 5) is 25.6. The van der Waals surface area contributed by atoms with Crippen molar-refractivity contribution in [2.24, 2.45) is 0 Å². The van der Waals surface area contributed by atoms with Crippen LogP contribution in [0.3, 0.4) is 0 Å². The van der Waals surface area contributed by atoms with Gasteiger partial charge in [0.05, 0.1) is 24.7 Å². The average molecular weight is 336 g/mol. The smallest absolute Gasteiger partial charge is 0.335 e. The maximum atomic E-state index is 11.8. The summed E-state index contributed by atoms with van der Waals surface area (Å²) in [5.74, 6) is 0.494. The van der Waals surface area contributed by atoms with Gasteiger partial charge in [0.15, 0.2) is 0 Å². The Morgan fingerprint density at radius 3 is 2.71 bits per heavy atom. The van der Waals surface area contributed by atoms with E-state index in [2.05, 4.69) is 21.9 Å². The standard InChI is InChI=1S/C16H22N4O2.CH3F/c1-5-7-20(9-12(4)16(21)22-6-2)15-13-11(3)8-17-14(13)18-10-19-15;1-2/h8-10H,5-7H2,1-4H3,(H,17,18,19);1H3/b12-9+;. The molecule has 0 spiro atoms. The molecule has 0 radical (unpaired) electrons. The highest BCUT2D eigenvalue weighted by Crippen LogP contribution is 2.26.